The Kier molecular flexibility index (Phi) is 5.70. The van der Waals surface area contributed by atoms with Crippen LogP contribution in [0, 0.1) is 0 Å². The minimum Gasteiger partial charge on any atom is -0.329 e. The third-order valence-corrected chi connectivity index (χ3v) is 6.49. The van der Waals surface area contributed by atoms with Crippen molar-refractivity contribution >= 4 is 35.1 Å². The van der Waals surface area contributed by atoms with Crippen LogP contribution in [0.1, 0.15) is 15.7 Å². The molecule has 2 aromatic carbocycles. The van der Waals surface area contributed by atoms with Crippen LogP contribution in [0.15, 0.2) is 72.1 Å². The van der Waals surface area contributed by atoms with Gasteiger partial charge in [-0.15, -0.1) is 11.8 Å². The van der Waals surface area contributed by atoms with E-state index < -0.39 is 0 Å². The lowest BCUT2D eigenvalue weighted by Gasteiger charge is -2.16. The standard InChI is InChI=1S/C18H17ClN2S2/c1-21-12-11-20-18(21)23-17(15-7-9-16(19)10-8-15)22-13-14-5-3-2-4-6-14/h2-12,17H,13H2,1H3. The summed E-state index contributed by atoms with van der Waals surface area (Å²) < 4.78 is 2.32. The molecule has 0 N–H and O–H groups in total. The molecular formula is C18H17ClN2S2. The van der Waals surface area contributed by atoms with Gasteiger partial charge in [0.05, 0.1) is 4.58 Å². The van der Waals surface area contributed by atoms with Crippen molar-refractivity contribution in [3.63, 3.8) is 0 Å². The number of halogens is 1. The maximum Gasteiger partial charge on any atom is 0.169 e. The van der Waals surface area contributed by atoms with Crippen LogP contribution in [0.25, 0.3) is 0 Å². The third kappa shape index (κ3) is 4.56. The number of imidazole rings is 1. The van der Waals surface area contributed by atoms with Crippen molar-refractivity contribution in [3.8, 4) is 0 Å². The van der Waals surface area contributed by atoms with Crippen LogP contribution in [0.3, 0.4) is 0 Å². The molecule has 0 bridgehead atoms. The van der Waals surface area contributed by atoms with Crippen molar-refractivity contribution in [2.24, 2.45) is 7.05 Å². The van der Waals surface area contributed by atoms with Crippen LogP contribution in [0.5, 0.6) is 0 Å². The van der Waals surface area contributed by atoms with E-state index in [0.717, 1.165) is 15.9 Å². The van der Waals surface area contributed by atoms with Gasteiger partial charge >= 0.3 is 0 Å². The highest BCUT2D eigenvalue weighted by molar-refractivity contribution is 8.15. The Balaban J connectivity index is 1.78. The molecule has 0 saturated carbocycles. The highest BCUT2D eigenvalue weighted by Crippen LogP contribution is 2.44. The zero-order chi connectivity index (χ0) is 16.1. The predicted octanol–water partition coefficient (Wildman–Crippen LogP) is 5.80. The number of aryl methyl sites for hydroxylation is 1. The van der Waals surface area contributed by atoms with Gasteiger partial charge in [0.15, 0.2) is 5.16 Å². The van der Waals surface area contributed by atoms with Crippen molar-refractivity contribution in [3.05, 3.63) is 83.1 Å². The van der Waals surface area contributed by atoms with Crippen molar-refractivity contribution in [2.75, 3.05) is 0 Å². The topological polar surface area (TPSA) is 17.8 Å². The summed E-state index contributed by atoms with van der Waals surface area (Å²) in [6.07, 6.45) is 3.81. The van der Waals surface area contributed by atoms with Crippen LogP contribution < -0.4 is 0 Å². The SMILES string of the molecule is Cn1ccnc1SC(SCc1ccccc1)c1ccc(Cl)cc1. The fourth-order valence-corrected chi connectivity index (χ4v) is 4.71. The minimum absolute atomic E-state index is 0.272. The van der Waals surface area contributed by atoms with E-state index in [0.29, 0.717) is 0 Å². The number of aromatic nitrogens is 2. The second-order valence-electron chi connectivity index (χ2n) is 5.12. The van der Waals surface area contributed by atoms with E-state index in [4.69, 9.17) is 11.6 Å². The van der Waals surface area contributed by atoms with Gasteiger partial charge < -0.3 is 4.57 Å². The molecule has 0 aliphatic heterocycles. The Labute approximate surface area is 150 Å². The predicted molar refractivity (Wildman–Crippen MR) is 101 cm³/mol. The van der Waals surface area contributed by atoms with E-state index in [2.05, 4.69) is 45.9 Å². The Morgan fingerprint density at radius 1 is 1.09 bits per heavy atom. The first-order chi connectivity index (χ1) is 11.2. The molecule has 3 rings (SSSR count). The lowest BCUT2D eigenvalue weighted by molar-refractivity contribution is 0.789. The van der Waals surface area contributed by atoms with E-state index in [1.165, 1.54) is 11.1 Å². The van der Waals surface area contributed by atoms with Crippen LogP contribution in [0.4, 0.5) is 0 Å². The third-order valence-electron chi connectivity index (χ3n) is 3.38. The first kappa shape index (κ1) is 16.5. The summed E-state index contributed by atoms with van der Waals surface area (Å²) in [5.41, 5.74) is 2.58. The maximum absolute atomic E-state index is 6.03. The van der Waals surface area contributed by atoms with Crippen molar-refractivity contribution in [1.29, 1.82) is 0 Å². The fraction of sp³-hybridized carbons (Fsp3) is 0.167. The molecule has 1 atom stereocenters. The van der Waals surface area contributed by atoms with E-state index in [9.17, 15) is 0 Å². The molecule has 23 heavy (non-hydrogen) atoms. The molecule has 0 aliphatic rings. The van der Waals surface area contributed by atoms with Gasteiger partial charge in [-0.3, -0.25) is 0 Å². The molecule has 5 heteroatoms. The summed E-state index contributed by atoms with van der Waals surface area (Å²) >= 11 is 9.71. The summed E-state index contributed by atoms with van der Waals surface area (Å²) in [5.74, 6) is 0.964. The summed E-state index contributed by atoms with van der Waals surface area (Å²) in [5, 5.41) is 1.79. The molecule has 0 fully saturated rings. The minimum atomic E-state index is 0.272. The molecule has 0 radical (unpaired) electrons. The number of nitrogens with zero attached hydrogens (tertiary/aromatic N) is 2. The molecule has 3 aromatic rings. The Morgan fingerprint density at radius 3 is 2.48 bits per heavy atom. The zero-order valence-electron chi connectivity index (χ0n) is 12.7. The van der Waals surface area contributed by atoms with Crippen LogP contribution >= 0.6 is 35.1 Å². The molecule has 118 valence electrons. The summed E-state index contributed by atoms with van der Waals surface area (Å²) in [7, 11) is 2.02. The number of rotatable bonds is 6. The maximum atomic E-state index is 6.03. The Hall–Kier alpha value is -1.36. The molecule has 1 aromatic heterocycles. The first-order valence-corrected chi connectivity index (χ1v) is 9.58. The molecule has 0 spiro atoms. The molecule has 0 amide bonds. The molecule has 1 unspecified atom stereocenters. The van der Waals surface area contributed by atoms with Gasteiger partial charge in [0.2, 0.25) is 0 Å². The average molecular weight is 361 g/mol. The molecule has 0 saturated heterocycles. The van der Waals surface area contributed by atoms with E-state index in [-0.39, 0.29) is 4.58 Å². The van der Waals surface area contributed by atoms with Gasteiger partial charge in [0.25, 0.3) is 0 Å². The van der Waals surface area contributed by atoms with Gasteiger partial charge in [-0.05, 0) is 23.3 Å². The first-order valence-electron chi connectivity index (χ1n) is 7.27. The molecule has 0 aliphatic carbocycles. The van der Waals surface area contributed by atoms with E-state index >= 15 is 0 Å². The van der Waals surface area contributed by atoms with Crippen molar-refractivity contribution in [1.82, 2.24) is 9.55 Å². The lowest BCUT2D eigenvalue weighted by Crippen LogP contribution is -1.95. The highest BCUT2D eigenvalue weighted by Gasteiger charge is 2.16. The van der Waals surface area contributed by atoms with Crippen LogP contribution in [-0.4, -0.2) is 9.55 Å². The molecular weight excluding hydrogens is 344 g/mol. The average Bonchev–Trinajstić information content (AvgIpc) is 2.98. The van der Waals surface area contributed by atoms with E-state index in [1.54, 1.807) is 11.8 Å². The van der Waals surface area contributed by atoms with Gasteiger partial charge in [-0.25, -0.2) is 4.98 Å². The quantitative estimate of drug-likeness (QED) is 0.408. The second kappa shape index (κ2) is 7.95. The number of benzene rings is 2. The summed E-state index contributed by atoms with van der Waals surface area (Å²) in [4.78, 5) is 4.44. The van der Waals surface area contributed by atoms with E-state index in [1.807, 2.05) is 49.4 Å². The monoisotopic (exact) mass is 360 g/mol. The molecule has 1 heterocycles. The fourth-order valence-electron chi connectivity index (χ4n) is 2.13. The van der Waals surface area contributed by atoms with Gasteiger partial charge in [0.1, 0.15) is 0 Å². The molecule has 2 nitrogen and oxygen atoms in total. The summed E-state index contributed by atoms with van der Waals surface area (Å²) in [6, 6.07) is 18.6. The second-order valence-corrected chi connectivity index (χ2v) is 8.02. The van der Waals surface area contributed by atoms with Crippen molar-refractivity contribution < 1.29 is 0 Å². The van der Waals surface area contributed by atoms with Gasteiger partial charge in [-0.2, -0.15) is 0 Å². The Morgan fingerprint density at radius 2 is 1.83 bits per heavy atom. The van der Waals surface area contributed by atoms with Crippen LogP contribution in [0.2, 0.25) is 5.02 Å². The highest BCUT2D eigenvalue weighted by atomic mass is 35.5. The number of hydrogen-bond donors (Lipinski definition) is 0. The Bertz CT molecular complexity index is 741. The lowest BCUT2D eigenvalue weighted by atomic mass is 10.2. The number of thioether (sulfide) groups is 2. The van der Waals surface area contributed by atoms with Crippen LogP contribution in [-0.2, 0) is 12.8 Å². The normalized spacial score (nSPS) is 12.3. The smallest absolute Gasteiger partial charge is 0.169 e. The number of hydrogen-bond acceptors (Lipinski definition) is 3. The van der Waals surface area contributed by atoms with Crippen molar-refractivity contribution in [2.45, 2.75) is 15.5 Å². The van der Waals surface area contributed by atoms with Gasteiger partial charge in [-0.1, -0.05) is 65.8 Å². The zero-order valence-corrected chi connectivity index (χ0v) is 15.1. The largest absolute Gasteiger partial charge is 0.329 e. The summed E-state index contributed by atoms with van der Waals surface area (Å²) in [6.45, 7) is 0. The van der Waals surface area contributed by atoms with Gasteiger partial charge in [0, 0.05) is 30.2 Å².